The number of hydrogen-bond donors (Lipinski definition) is 1. The molecule has 0 amide bonds. The number of hydrogen-bond acceptors (Lipinski definition) is 4. The highest BCUT2D eigenvalue weighted by Crippen LogP contribution is 2.02. The summed E-state index contributed by atoms with van der Waals surface area (Å²) in [4.78, 5) is 0. The highest BCUT2D eigenvalue weighted by atomic mass is 16.5. The topological polar surface area (TPSA) is 55.9 Å². The number of nitrogens with zero attached hydrogens (tertiary/aromatic N) is 3. The maximum absolute atomic E-state index is 5.01. The molecule has 17 heavy (non-hydrogen) atoms. The van der Waals surface area contributed by atoms with Crippen molar-refractivity contribution in [2.24, 2.45) is 0 Å². The Morgan fingerprint density at radius 3 is 2.88 bits per heavy atom. The molecule has 1 atom stereocenters. The van der Waals surface area contributed by atoms with E-state index in [9.17, 15) is 0 Å². The van der Waals surface area contributed by atoms with Gasteiger partial charge in [-0.3, -0.25) is 4.68 Å². The first-order chi connectivity index (χ1) is 8.13. The van der Waals surface area contributed by atoms with Gasteiger partial charge in [0.2, 0.25) is 0 Å². The van der Waals surface area contributed by atoms with Gasteiger partial charge >= 0.3 is 0 Å². The highest BCUT2D eigenvalue weighted by molar-refractivity contribution is 5.03. The van der Waals surface area contributed by atoms with E-state index in [1.54, 1.807) is 0 Å². The molecule has 5 nitrogen and oxygen atoms in total. The van der Waals surface area contributed by atoms with E-state index in [0.717, 1.165) is 24.5 Å². The largest absolute Gasteiger partial charge is 0.361 e. The molecule has 0 bridgehead atoms. The van der Waals surface area contributed by atoms with E-state index in [-0.39, 0.29) is 0 Å². The first-order valence-electron chi connectivity index (χ1n) is 5.78. The third-order valence-electron chi connectivity index (χ3n) is 2.53. The summed E-state index contributed by atoms with van der Waals surface area (Å²) in [6.07, 6.45) is 3.91. The van der Waals surface area contributed by atoms with E-state index < -0.39 is 0 Å². The van der Waals surface area contributed by atoms with Crippen LogP contribution >= 0.6 is 0 Å². The van der Waals surface area contributed by atoms with Crippen molar-refractivity contribution < 1.29 is 4.52 Å². The molecule has 2 heterocycles. The summed E-state index contributed by atoms with van der Waals surface area (Å²) >= 11 is 0. The Kier molecular flexibility index (Phi) is 3.58. The predicted octanol–water partition coefficient (Wildman–Crippen LogP) is 1.67. The van der Waals surface area contributed by atoms with E-state index in [1.165, 1.54) is 5.56 Å². The van der Waals surface area contributed by atoms with Crippen LogP contribution in [0.2, 0.25) is 0 Å². The molecule has 5 heteroatoms. The minimum absolute atomic E-state index is 0.339. The lowest BCUT2D eigenvalue weighted by Gasteiger charge is -2.12. The summed E-state index contributed by atoms with van der Waals surface area (Å²) in [5.74, 6) is 0.845. The van der Waals surface area contributed by atoms with E-state index >= 15 is 0 Å². The molecule has 92 valence electrons. The Morgan fingerprint density at radius 1 is 1.47 bits per heavy atom. The van der Waals surface area contributed by atoms with Gasteiger partial charge in [0.25, 0.3) is 0 Å². The SMILES string of the molecule is Cc1cnn(C[C@H](C)NCc2cc(C)on2)c1. The van der Waals surface area contributed by atoms with Crippen LogP contribution in [0.5, 0.6) is 0 Å². The fourth-order valence-corrected chi connectivity index (χ4v) is 1.69. The van der Waals surface area contributed by atoms with Gasteiger partial charge in [0, 0.05) is 24.8 Å². The van der Waals surface area contributed by atoms with E-state index in [0.29, 0.717) is 6.04 Å². The monoisotopic (exact) mass is 234 g/mol. The minimum Gasteiger partial charge on any atom is -0.361 e. The smallest absolute Gasteiger partial charge is 0.133 e. The molecular weight excluding hydrogens is 216 g/mol. The molecule has 0 unspecified atom stereocenters. The van der Waals surface area contributed by atoms with Gasteiger partial charge in [-0.1, -0.05) is 5.16 Å². The second-order valence-electron chi connectivity index (χ2n) is 4.45. The third kappa shape index (κ3) is 3.42. The van der Waals surface area contributed by atoms with Crippen LogP contribution in [0.3, 0.4) is 0 Å². The zero-order valence-corrected chi connectivity index (χ0v) is 10.5. The van der Waals surface area contributed by atoms with Crippen molar-refractivity contribution in [3.63, 3.8) is 0 Å². The standard InChI is InChI=1S/C12H18N4O/c1-9-5-14-16(7-9)8-10(2)13-6-12-4-11(3)17-15-12/h4-5,7,10,13H,6,8H2,1-3H3/t10-/m0/s1. The molecular formula is C12H18N4O. The molecule has 0 aliphatic rings. The van der Waals surface area contributed by atoms with Gasteiger partial charge in [0.15, 0.2) is 0 Å². The van der Waals surface area contributed by atoms with Crippen LogP contribution in [0.1, 0.15) is 23.9 Å². The number of nitrogens with one attached hydrogen (secondary N) is 1. The molecule has 0 aromatic carbocycles. The Morgan fingerprint density at radius 2 is 2.29 bits per heavy atom. The van der Waals surface area contributed by atoms with Crippen molar-refractivity contribution in [2.75, 3.05) is 0 Å². The first-order valence-corrected chi connectivity index (χ1v) is 5.78. The molecule has 0 aliphatic carbocycles. The van der Waals surface area contributed by atoms with Crippen LogP contribution < -0.4 is 5.32 Å². The lowest BCUT2D eigenvalue weighted by molar-refractivity contribution is 0.382. The van der Waals surface area contributed by atoms with Crippen LogP contribution in [0.4, 0.5) is 0 Å². The van der Waals surface area contributed by atoms with E-state index in [2.05, 4.69) is 22.5 Å². The molecule has 0 aliphatic heterocycles. The molecule has 2 aromatic rings. The van der Waals surface area contributed by atoms with Crippen molar-refractivity contribution in [2.45, 2.75) is 39.9 Å². The average Bonchev–Trinajstić information content (AvgIpc) is 2.85. The first kappa shape index (κ1) is 11.9. The van der Waals surface area contributed by atoms with Crippen LogP contribution in [-0.2, 0) is 13.1 Å². The average molecular weight is 234 g/mol. The van der Waals surface area contributed by atoms with Crippen LogP contribution in [0, 0.1) is 13.8 Å². The summed E-state index contributed by atoms with van der Waals surface area (Å²) in [7, 11) is 0. The Balaban J connectivity index is 1.79. The Bertz CT molecular complexity index is 474. The fourth-order valence-electron chi connectivity index (χ4n) is 1.69. The normalized spacial score (nSPS) is 12.9. The third-order valence-corrected chi connectivity index (χ3v) is 2.53. The van der Waals surface area contributed by atoms with Gasteiger partial charge in [-0.05, 0) is 26.3 Å². The molecule has 0 spiro atoms. The maximum atomic E-state index is 5.01. The molecule has 2 rings (SSSR count). The molecule has 2 aromatic heterocycles. The number of aromatic nitrogens is 3. The zero-order valence-electron chi connectivity index (χ0n) is 10.5. The second-order valence-corrected chi connectivity index (χ2v) is 4.45. The van der Waals surface area contributed by atoms with Crippen LogP contribution in [-0.4, -0.2) is 21.0 Å². The Labute approximate surface area is 101 Å². The maximum Gasteiger partial charge on any atom is 0.133 e. The number of rotatable bonds is 5. The molecule has 0 saturated heterocycles. The van der Waals surface area contributed by atoms with Crippen molar-refractivity contribution in [1.82, 2.24) is 20.3 Å². The predicted molar refractivity (Wildman–Crippen MR) is 64.5 cm³/mol. The summed E-state index contributed by atoms with van der Waals surface area (Å²) in [5.41, 5.74) is 2.12. The number of aryl methyl sites for hydroxylation is 2. The van der Waals surface area contributed by atoms with E-state index in [4.69, 9.17) is 4.52 Å². The van der Waals surface area contributed by atoms with Crippen molar-refractivity contribution in [3.8, 4) is 0 Å². The Hall–Kier alpha value is -1.62. The molecule has 0 saturated carbocycles. The van der Waals surface area contributed by atoms with Crippen LogP contribution in [0.25, 0.3) is 0 Å². The van der Waals surface area contributed by atoms with Crippen molar-refractivity contribution >= 4 is 0 Å². The lowest BCUT2D eigenvalue weighted by atomic mass is 10.3. The van der Waals surface area contributed by atoms with Crippen LogP contribution in [0.15, 0.2) is 23.0 Å². The van der Waals surface area contributed by atoms with Crippen molar-refractivity contribution in [1.29, 1.82) is 0 Å². The van der Waals surface area contributed by atoms with Gasteiger partial charge in [0.1, 0.15) is 5.76 Å². The van der Waals surface area contributed by atoms with Gasteiger partial charge in [-0.25, -0.2) is 0 Å². The summed E-state index contributed by atoms with van der Waals surface area (Å²) in [6, 6.07) is 2.28. The van der Waals surface area contributed by atoms with E-state index in [1.807, 2.05) is 37.0 Å². The quantitative estimate of drug-likeness (QED) is 0.855. The minimum atomic E-state index is 0.339. The van der Waals surface area contributed by atoms with Gasteiger partial charge in [-0.2, -0.15) is 5.10 Å². The van der Waals surface area contributed by atoms with Gasteiger partial charge in [-0.15, -0.1) is 0 Å². The summed E-state index contributed by atoms with van der Waals surface area (Å²) in [6.45, 7) is 7.64. The molecule has 0 fully saturated rings. The lowest BCUT2D eigenvalue weighted by Crippen LogP contribution is -2.30. The fraction of sp³-hybridized carbons (Fsp3) is 0.500. The zero-order chi connectivity index (χ0) is 12.3. The summed E-state index contributed by atoms with van der Waals surface area (Å²) in [5, 5.41) is 11.6. The second kappa shape index (κ2) is 5.14. The van der Waals surface area contributed by atoms with Gasteiger partial charge in [0.05, 0.1) is 18.4 Å². The van der Waals surface area contributed by atoms with Gasteiger partial charge < -0.3 is 9.84 Å². The highest BCUT2D eigenvalue weighted by Gasteiger charge is 2.05. The summed E-state index contributed by atoms with van der Waals surface area (Å²) < 4.78 is 6.96. The van der Waals surface area contributed by atoms with Crippen molar-refractivity contribution in [3.05, 3.63) is 35.5 Å². The molecule has 1 N–H and O–H groups in total. The molecule has 0 radical (unpaired) electrons.